The minimum atomic E-state index is -0.320. The smallest absolute Gasteiger partial charge is 0.165 e. The van der Waals surface area contributed by atoms with Crippen molar-refractivity contribution in [3.05, 3.63) is 90.0 Å². The van der Waals surface area contributed by atoms with Gasteiger partial charge in [-0.15, -0.1) is 0 Å². The Morgan fingerprint density at radius 1 is 1.03 bits per heavy atom. The van der Waals surface area contributed by atoms with Gasteiger partial charge in [-0.2, -0.15) is 0 Å². The third-order valence-electron chi connectivity index (χ3n) is 6.49. The van der Waals surface area contributed by atoms with Crippen molar-refractivity contribution >= 4 is 0 Å². The number of hydrogen-bond donors (Lipinski definition) is 0. The molecular weight excluding hydrogens is 419 g/mol. The molecular formula is C27H29FN2O3. The van der Waals surface area contributed by atoms with Crippen molar-refractivity contribution < 1.29 is 18.6 Å². The van der Waals surface area contributed by atoms with E-state index in [0.29, 0.717) is 19.0 Å². The summed E-state index contributed by atoms with van der Waals surface area (Å²) in [5.74, 6) is 0.851. The normalized spacial score (nSPS) is 20.1. The Labute approximate surface area is 194 Å². The fraction of sp³-hybridized carbons (Fsp3) is 0.370. The highest BCUT2D eigenvalue weighted by molar-refractivity contribution is 5.29. The Balaban J connectivity index is 1.11. The third-order valence-corrected chi connectivity index (χ3v) is 6.49. The predicted octanol–water partition coefficient (Wildman–Crippen LogP) is 5.00. The summed E-state index contributed by atoms with van der Waals surface area (Å²) in [5, 5.41) is 0. The summed E-state index contributed by atoms with van der Waals surface area (Å²) in [5.41, 5.74) is 2.00. The molecule has 0 aliphatic carbocycles. The maximum absolute atomic E-state index is 13.9. The Morgan fingerprint density at radius 2 is 1.88 bits per heavy atom. The Bertz CT molecular complexity index is 1050. The van der Waals surface area contributed by atoms with E-state index in [0.717, 1.165) is 50.3 Å². The van der Waals surface area contributed by atoms with Crippen LogP contribution in [0.4, 0.5) is 4.39 Å². The van der Waals surface area contributed by atoms with Crippen LogP contribution >= 0.6 is 0 Å². The first-order valence-electron chi connectivity index (χ1n) is 11.6. The van der Waals surface area contributed by atoms with E-state index in [4.69, 9.17) is 14.2 Å². The Hall–Kier alpha value is -2.96. The SMILES string of the molecule is Fc1ccccc1OC1COC2(CCN(Cc3cccc(OCc4ccccn4)c3)CC2)C1. The average molecular weight is 449 g/mol. The van der Waals surface area contributed by atoms with Crippen LogP contribution < -0.4 is 9.47 Å². The second-order valence-corrected chi connectivity index (χ2v) is 8.90. The van der Waals surface area contributed by atoms with Gasteiger partial charge in [-0.1, -0.05) is 30.3 Å². The predicted molar refractivity (Wildman–Crippen MR) is 124 cm³/mol. The van der Waals surface area contributed by atoms with Gasteiger partial charge in [-0.05, 0) is 54.8 Å². The molecule has 1 spiro atoms. The van der Waals surface area contributed by atoms with Crippen molar-refractivity contribution in [3.63, 3.8) is 0 Å². The summed E-state index contributed by atoms with van der Waals surface area (Å²) < 4.78 is 31.9. The van der Waals surface area contributed by atoms with Crippen LogP contribution in [0.2, 0.25) is 0 Å². The molecule has 3 aromatic rings. The highest BCUT2D eigenvalue weighted by Crippen LogP contribution is 2.38. The molecule has 172 valence electrons. The average Bonchev–Trinajstić information content (AvgIpc) is 3.24. The third kappa shape index (κ3) is 5.52. The van der Waals surface area contributed by atoms with Gasteiger partial charge in [0.15, 0.2) is 11.6 Å². The van der Waals surface area contributed by atoms with Crippen LogP contribution in [0.3, 0.4) is 0 Å². The number of likely N-dealkylation sites (tertiary alicyclic amines) is 1. The first-order valence-corrected chi connectivity index (χ1v) is 11.6. The summed E-state index contributed by atoms with van der Waals surface area (Å²) in [4.78, 5) is 6.76. The molecule has 2 aromatic carbocycles. The molecule has 0 bridgehead atoms. The zero-order valence-electron chi connectivity index (χ0n) is 18.7. The van der Waals surface area contributed by atoms with Crippen LogP contribution in [0.25, 0.3) is 0 Å². The van der Waals surface area contributed by atoms with Gasteiger partial charge < -0.3 is 14.2 Å². The van der Waals surface area contributed by atoms with Gasteiger partial charge in [-0.3, -0.25) is 9.88 Å². The van der Waals surface area contributed by atoms with Crippen LogP contribution in [0.15, 0.2) is 72.9 Å². The quantitative estimate of drug-likeness (QED) is 0.509. The van der Waals surface area contributed by atoms with Gasteiger partial charge >= 0.3 is 0 Å². The van der Waals surface area contributed by atoms with Gasteiger partial charge in [0.25, 0.3) is 0 Å². The van der Waals surface area contributed by atoms with Gasteiger partial charge in [0.2, 0.25) is 0 Å². The number of aromatic nitrogens is 1. The van der Waals surface area contributed by atoms with E-state index in [1.165, 1.54) is 11.6 Å². The van der Waals surface area contributed by atoms with Crippen molar-refractivity contribution in [1.82, 2.24) is 9.88 Å². The number of benzene rings is 2. The molecule has 1 unspecified atom stereocenters. The number of rotatable bonds is 7. The lowest BCUT2D eigenvalue weighted by atomic mass is 9.88. The highest BCUT2D eigenvalue weighted by atomic mass is 19.1. The van der Waals surface area contributed by atoms with Gasteiger partial charge in [0.05, 0.1) is 17.9 Å². The molecule has 5 rings (SSSR count). The largest absolute Gasteiger partial charge is 0.487 e. The van der Waals surface area contributed by atoms with Gasteiger partial charge in [-0.25, -0.2) is 4.39 Å². The monoisotopic (exact) mass is 448 g/mol. The summed E-state index contributed by atoms with van der Waals surface area (Å²) in [6, 6.07) is 20.7. The van der Waals surface area contributed by atoms with Crippen molar-refractivity contribution in [2.45, 2.75) is 44.1 Å². The van der Waals surface area contributed by atoms with Crippen LogP contribution in [0, 0.1) is 5.82 Å². The Kier molecular flexibility index (Phi) is 6.55. The number of hydrogen-bond acceptors (Lipinski definition) is 5. The number of nitrogens with zero attached hydrogens (tertiary/aromatic N) is 2. The van der Waals surface area contributed by atoms with Gasteiger partial charge in [0.1, 0.15) is 18.5 Å². The summed E-state index contributed by atoms with van der Waals surface area (Å²) >= 11 is 0. The summed E-state index contributed by atoms with van der Waals surface area (Å²) in [6.07, 6.45) is 4.41. The van der Waals surface area contributed by atoms with Gasteiger partial charge in [0, 0.05) is 32.3 Å². The molecule has 0 radical (unpaired) electrons. The first kappa shape index (κ1) is 21.9. The highest BCUT2D eigenvalue weighted by Gasteiger charge is 2.43. The van der Waals surface area contributed by atoms with Crippen LogP contribution in [-0.4, -0.2) is 41.3 Å². The van der Waals surface area contributed by atoms with Crippen molar-refractivity contribution in [2.24, 2.45) is 0 Å². The number of piperidine rings is 1. The van der Waals surface area contributed by atoms with Crippen molar-refractivity contribution in [2.75, 3.05) is 19.7 Å². The van der Waals surface area contributed by atoms with Crippen LogP contribution in [0.5, 0.6) is 11.5 Å². The first-order chi connectivity index (χ1) is 16.2. The second-order valence-electron chi connectivity index (χ2n) is 8.90. The fourth-order valence-electron chi connectivity index (χ4n) is 4.70. The maximum atomic E-state index is 13.9. The molecule has 0 N–H and O–H groups in total. The minimum Gasteiger partial charge on any atom is -0.487 e. The number of halogens is 1. The maximum Gasteiger partial charge on any atom is 0.165 e. The Morgan fingerprint density at radius 3 is 2.70 bits per heavy atom. The van der Waals surface area contributed by atoms with Crippen LogP contribution in [0.1, 0.15) is 30.5 Å². The summed E-state index contributed by atoms with van der Waals surface area (Å²) in [7, 11) is 0. The fourth-order valence-corrected chi connectivity index (χ4v) is 4.70. The van der Waals surface area contributed by atoms with E-state index in [1.54, 1.807) is 24.4 Å². The molecule has 1 aromatic heterocycles. The number of pyridine rings is 1. The molecule has 2 saturated heterocycles. The van der Waals surface area contributed by atoms with Crippen LogP contribution in [-0.2, 0) is 17.9 Å². The van der Waals surface area contributed by atoms with Crippen molar-refractivity contribution in [1.29, 1.82) is 0 Å². The van der Waals surface area contributed by atoms with E-state index < -0.39 is 0 Å². The molecule has 3 heterocycles. The number of ether oxygens (including phenoxy) is 3. The lowest BCUT2D eigenvalue weighted by molar-refractivity contribution is -0.0455. The number of para-hydroxylation sites is 1. The molecule has 2 fully saturated rings. The lowest BCUT2D eigenvalue weighted by Gasteiger charge is -2.38. The van der Waals surface area contributed by atoms with Crippen molar-refractivity contribution in [3.8, 4) is 11.5 Å². The van der Waals surface area contributed by atoms with E-state index in [9.17, 15) is 4.39 Å². The van der Waals surface area contributed by atoms with E-state index in [-0.39, 0.29) is 17.5 Å². The lowest BCUT2D eigenvalue weighted by Crippen LogP contribution is -2.44. The summed E-state index contributed by atoms with van der Waals surface area (Å²) in [6.45, 7) is 3.79. The molecule has 5 nitrogen and oxygen atoms in total. The second kappa shape index (κ2) is 9.89. The van der Waals surface area contributed by atoms with E-state index >= 15 is 0 Å². The molecule has 6 heteroatoms. The molecule has 2 aliphatic rings. The molecule has 2 aliphatic heterocycles. The minimum absolute atomic E-state index is 0.0959. The molecule has 0 amide bonds. The zero-order chi connectivity index (χ0) is 22.5. The topological polar surface area (TPSA) is 43.8 Å². The molecule has 0 saturated carbocycles. The van der Waals surface area contributed by atoms with E-state index in [2.05, 4.69) is 22.0 Å². The molecule has 33 heavy (non-hydrogen) atoms. The van der Waals surface area contributed by atoms with E-state index in [1.807, 2.05) is 30.3 Å². The molecule has 1 atom stereocenters. The zero-order valence-corrected chi connectivity index (χ0v) is 18.7. The standard InChI is InChI=1S/C27H29FN2O3/c28-25-9-1-2-10-26(25)33-24-17-27(32-20-24)11-14-30(15-12-27)18-21-6-5-8-23(16-21)31-19-22-7-3-4-13-29-22/h1-10,13,16,24H,11-12,14-15,17-20H2.